The highest BCUT2D eigenvalue weighted by molar-refractivity contribution is 5.75. The van der Waals surface area contributed by atoms with Crippen molar-refractivity contribution >= 4 is 29.1 Å². The molecule has 2 aliphatic heterocycles. The van der Waals surface area contributed by atoms with Gasteiger partial charge in [0, 0.05) is 32.3 Å². The Morgan fingerprint density at radius 2 is 1.97 bits per heavy atom. The molecule has 1 saturated heterocycles. The first-order chi connectivity index (χ1) is 16.0. The number of amides is 1. The Hall–Kier alpha value is -3.23. The standard InChI is InChI=1S/C25H31F2N5O2/c1-17-5-6-20(28-15-17)29-21-13-19(14-22(30-21)32-12-9-25(26,27)16-32)18-7-10-31(11-8-18)23(33)34-24(2,3)4/h5-7,13-15H,8-12,16H2,1-4H3,(H,28,29,30). The normalized spacial score (nSPS) is 18.0. The van der Waals surface area contributed by atoms with Crippen LogP contribution in [0.4, 0.5) is 31.0 Å². The predicted molar refractivity (Wildman–Crippen MR) is 129 cm³/mol. The van der Waals surface area contributed by atoms with Gasteiger partial charge in [-0.2, -0.15) is 0 Å². The fourth-order valence-electron chi connectivity index (χ4n) is 3.96. The van der Waals surface area contributed by atoms with E-state index in [-0.39, 0.29) is 25.6 Å². The van der Waals surface area contributed by atoms with Crippen LogP contribution in [-0.2, 0) is 4.74 Å². The lowest BCUT2D eigenvalue weighted by Crippen LogP contribution is -2.39. The first kappa shape index (κ1) is 23.9. The first-order valence-electron chi connectivity index (χ1n) is 11.5. The molecule has 0 radical (unpaired) electrons. The molecule has 1 N–H and O–H groups in total. The molecule has 0 unspecified atom stereocenters. The van der Waals surface area contributed by atoms with E-state index in [0.29, 0.717) is 37.0 Å². The zero-order valence-electron chi connectivity index (χ0n) is 20.1. The number of carbonyl (C=O) groups excluding carboxylic acids is 1. The molecule has 2 aromatic heterocycles. The number of ether oxygens (including phenoxy) is 1. The fourth-order valence-corrected chi connectivity index (χ4v) is 3.96. The van der Waals surface area contributed by atoms with Crippen molar-refractivity contribution in [1.29, 1.82) is 0 Å². The van der Waals surface area contributed by atoms with Crippen LogP contribution in [0.1, 0.15) is 44.7 Å². The van der Waals surface area contributed by atoms with E-state index >= 15 is 0 Å². The summed E-state index contributed by atoms with van der Waals surface area (Å²) in [7, 11) is 0. The molecule has 0 saturated carbocycles. The van der Waals surface area contributed by atoms with Gasteiger partial charge in [0.1, 0.15) is 23.1 Å². The molecular formula is C25H31F2N5O2. The van der Waals surface area contributed by atoms with Crippen molar-refractivity contribution < 1.29 is 18.3 Å². The second-order valence-electron chi connectivity index (χ2n) is 9.88. The molecule has 1 fully saturated rings. The summed E-state index contributed by atoms with van der Waals surface area (Å²) in [5, 5.41) is 3.20. The second-order valence-corrected chi connectivity index (χ2v) is 9.88. The predicted octanol–water partition coefficient (Wildman–Crippen LogP) is 5.40. The van der Waals surface area contributed by atoms with Crippen molar-refractivity contribution in [3.8, 4) is 0 Å². The summed E-state index contributed by atoms with van der Waals surface area (Å²) < 4.78 is 33.3. The number of hydrogen-bond acceptors (Lipinski definition) is 6. The summed E-state index contributed by atoms with van der Waals surface area (Å²) in [6.07, 6.45) is 3.84. The zero-order chi connectivity index (χ0) is 24.5. The maximum Gasteiger partial charge on any atom is 0.410 e. The molecule has 2 aliphatic rings. The van der Waals surface area contributed by atoms with Gasteiger partial charge >= 0.3 is 6.09 Å². The number of pyridine rings is 2. The molecule has 1 amide bonds. The highest BCUT2D eigenvalue weighted by atomic mass is 19.3. The third kappa shape index (κ3) is 6.01. The Morgan fingerprint density at radius 1 is 1.18 bits per heavy atom. The lowest BCUT2D eigenvalue weighted by molar-refractivity contribution is 0.0252. The SMILES string of the molecule is Cc1ccc(Nc2cc(C3=CCN(C(=O)OC(C)(C)C)CC3)cc(N3CCC(F)(F)C3)n2)nc1. The van der Waals surface area contributed by atoms with E-state index in [4.69, 9.17) is 4.74 Å². The van der Waals surface area contributed by atoms with Gasteiger partial charge < -0.3 is 19.9 Å². The van der Waals surface area contributed by atoms with Gasteiger partial charge in [0.15, 0.2) is 0 Å². The number of anilines is 3. The molecule has 7 nitrogen and oxygen atoms in total. The lowest BCUT2D eigenvalue weighted by atomic mass is 10.00. The van der Waals surface area contributed by atoms with Crippen molar-refractivity contribution in [2.45, 2.75) is 52.1 Å². The molecule has 0 spiro atoms. The number of aryl methyl sites for hydroxylation is 1. The molecule has 2 aromatic rings. The smallest absolute Gasteiger partial charge is 0.410 e. The van der Waals surface area contributed by atoms with Crippen LogP contribution >= 0.6 is 0 Å². The number of alkyl halides is 2. The Balaban J connectivity index is 1.59. The monoisotopic (exact) mass is 471 g/mol. The molecule has 0 aliphatic carbocycles. The van der Waals surface area contributed by atoms with E-state index in [1.54, 1.807) is 16.0 Å². The number of halogens is 2. The third-order valence-electron chi connectivity index (χ3n) is 5.70. The molecule has 0 bridgehead atoms. The average molecular weight is 472 g/mol. The molecule has 9 heteroatoms. The summed E-state index contributed by atoms with van der Waals surface area (Å²) in [5.41, 5.74) is 2.41. The van der Waals surface area contributed by atoms with Crippen LogP contribution in [-0.4, -0.2) is 58.7 Å². The number of nitrogens with zero attached hydrogens (tertiary/aromatic N) is 4. The van der Waals surface area contributed by atoms with Gasteiger partial charge in [-0.15, -0.1) is 0 Å². The molecule has 0 atom stereocenters. The minimum Gasteiger partial charge on any atom is -0.444 e. The highest BCUT2D eigenvalue weighted by Crippen LogP contribution is 2.34. The van der Waals surface area contributed by atoms with Crippen LogP contribution in [0.2, 0.25) is 0 Å². The Morgan fingerprint density at radius 3 is 2.56 bits per heavy atom. The largest absolute Gasteiger partial charge is 0.444 e. The summed E-state index contributed by atoms with van der Waals surface area (Å²) in [6, 6.07) is 7.54. The van der Waals surface area contributed by atoms with Gasteiger partial charge in [0.2, 0.25) is 0 Å². The fraction of sp³-hybridized carbons (Fsp3) is 0.480. The van der Waals surface area contributed by atoms with Crippen LogP contribution in [0.25, 0.3) is 5.57 Å². The quantitative estimate of drug-likeness (QED) is 0.644. The minimum absolute atomic E-state index is 0.186. The number of rotatable bonds is 4. The number of hydrogen-bond donors (Lipinski definition) is 1. The third-order valence-corrected chi connectivity index (χ3v) is 5.70. The van der Waals surface area contributed by atoms with Gasteiger partial charge in [-0.3, -0.25) is 0 Å². The van der Waals surface area contributed by atoms with Gasteiger partial charge in [0.25, 0.3) is 5.92 Å². The zero-order valence-corrected chi connectivity index (χ0v) is 20.1. The maximum absolute atomic E-state index is 13.9. The van der Waals surface area contributed by atoms with Gasteiger partial charge in [-0.25, -0.2) is 23.5 Å². The lowest BCUT2D eigenvalue weighted by Gasteiger charge is -2.30. The van der Waals surface area contributed by atoms with Crippen molar-refractivity contribution in [3.05, 3.63) is 47.7 Å². The Kier molecular flexibility index (Phi) is 6.47. The van der Waals surface area contributed by atoms with Gasteiger partial charge in [-0.05, 0) is 69.0 Å². The van der Waals surface area contributed by atoms with Crippen LogP contribution in [0.3, 0.4) is 0 Å². The van der Waals surface area contributed by atoms with Crippen LogP contribution < -0.4 is 10.2 Å². The van der Waals surface area contributed by atoms with Gasteiger partial charge in [-0.1, -0.05) is 12.1 Å². The molecule has 34 heavy (non-hydrogen) atoms. The van der Waals surface area contributed by atoms with Crippen LogP contribution in [0.15, 0.2) is 36.5 Å². The molecule has 4 rings (SSSR count). The summed E-state index contributed by atoms with van der Waals surface area (Å²) in [5.74, 6) is -1.06. The molecule has 182 valence electrons. The van der Waals surface area contributed by atoms with Crippen molar-refractivity contribution in [2.24, 2.45) is 0 Å². The highest BCUT2D eigenvalue weighted by Gasteiger charge is 2.39. The maximum atomic E-state index is 13.9. The van der Waals surface area contributed by atoms with Crippen molar-refractivity contribution in [1.82, 2.24) is 14.9 Å². The molecule has 0 aromatic carbocycles. The van der Waals surface area contributed by atoms with Crippen LogP contribution in [0.5, 0.6) is 0 Å². The number of carbonyl (C=O) groups is 1. The van der Waals surface area contributed by atoms with E-state index in [1.807, 2.05) is 58.0 Å². The summed E-state index contributed by atoms with van der Waals surface area (Å²) >= 11 is 0. The second kappa shape index (κ2) is 9.19. The van der Waals surface area contributed by atoms with E-state index in [0.717, 1.165) is 16.7 Å². The number of nitrogens with one attached hydrogen (secondary N) is 1. The van der Waals surface area contributed by atoms with Crippen molar-refractivity contribution in [3.63, 3.8) is 0 Å². The number of aromatic nitrogens is 2. The summed E-state index contributed by atoms with van der Waals surface area (Å²) in [6.45, 7) is 8.32. The summed E-state index contributed by atoms with van der Waals surface area (Å²) in [4.78, 5) is 24.6. The minimum atomic E-state index is -2.72. The van der Waals surface area contributed by atoms with Crippen molar-refractivity contribution in [2.75, 3.05) is 36.4 Å². The topological polar surface area (TPSA) is 70.6 Å². The first-order valence-corrected chi connectivity index (χ1v) is 11.5. The van der Waals surface area contributed by atoms with Crippen LogP contribution in [0, 0.1) is 6.92 Å². The molecular weight excluding hydrogens is 440 g/mol. The van der Waals surface area contributed by atoms with Gasteiger partial charge in [0.05, 0.1) is 6.54 Å². The molecule has 4 heterocycles. The van der Waals surface area contributed by atoms with E-state index in [9.17, 15) is 13.6 Å². The Bertz CT molecular complexity index is 1080. The average Bonchev–Trinajstić information content (AvgIpc) is 3.14. The van der Waals surface area contributed by atoms with E-state index < -0.39 is 11.5 Å². The van der Waals surface area contributed by atoms with E-state index in [2.05, 4.69) is 15.3 Å². The van der Waals surface area contributed by atoms with E-state index in [1.165, 1.54) is 0 Å². The Labute approximate surface area is 198 Å².